The Morgan fingerprint density at radius 1 is 1.47 bits per heavy atom. The SMILES string of the molecule is CCC(C)(CC)NC1(CC(=O)O)CNC1. The molecule has 3 N–H and O–H groups in total. The van der Waals surface area contributed by atoms with Crippen molar-refractivity contribution in [3.8, 4) is 0 Å². The van der Waals surface area contributed by atoms with Crippen LogP contribution in [-0.2, 0) is 4.79 Å². The predicted molar refractivity (Wildman–Crippen MR) is 60.0 cm³/mol. The summed E-state index contributed by atoms with van der Waals surface area (Å²) in [6, 6.07) is 0. The Hall–Kier alpha value is -0.610. The van der Waals surface area contributed by atoms with Crippen LogP contribution in [0.5, 0.6) is 0 Å². The van der Waals surface area contributed by atoms with Gasteiger partial charge in [0.25, 0.3) is 0 Å². The van der Waals surface area contributed by atoms with E-state index in [2.05, 4.69) is 31.4 Å². The van der Waals surface area contributed by atoms with Crippen LogP contribution in [0.25, 0.3) is 0 Å². The highest BCUT2D eigenvalue weighted by atomic mass is 16.4. The first-order valence-electron chi connectivity index (χ1n) is 5.67. The van der Waals surface area contributed by atoms with E-state index in [-0.39, 0.29) is 17.5 Å². The fourth-order valence-corrected chi connectivity index (χ4v) is 2.04. The zero-order valence-electron chi connectivity index (χ0n) is 9.89. The zero-order chi connectivity index (χ0) is 11.5. The third kappa shape index (κ3) is 2.92. The molecule has 0 aromatic carbocycles. The maximum absolute atomic E-state index is 10.8. The van der Waals surface area contributed by atoms with Gasteiger partial charge in [-0.25, -0.2) is 0 Å². The molecule has 1 rings (SSSR count). The molecule has 88 valence electrons. The van der Waals surface area contributed by atoms with Crippen LogP contribution >= 0.6 is 0 Å². The first-order valence-corrected chi connectivity index (χ1v) is 5.67. The minimum absolute atomic E-state index is 0.0531. The Morgan fingerprint density at radius 2 is 2.00 bits per heavy atom. The van der Waals surface area contributed by atoms with Gasteiger partial charge in [0.1, 0.15) is 0 Å². The molecular weight excluding hydrogens is 192 g/mol. The van der Waals surface area contributed by atoms with E-state index in [4.69, 9.17) is 5.11 Å². The normalized spacial score (nSPS) is 19.7. The average Bonchev–Trinajstić information content (AvgIpc) is 2.13. The molecule has 4 heteroatoms. The quantitative estimate of drug-likeness (QED) is 0.616. The van der Waals surface area contributed by atoms with Crippen molar-refractivity contribution >= 4 is 5.97 Å². The number of carboxylic acids is 1. The molecule has 0 unspecified atom stereocenters. The molecule has 0 spiro atoms. The Morgan fingerprint density at radius 3 is 2.27 bits per heavy atom. The van der Waals surface area contributed by atoms with Crippen molar-refractivity contribution in [2.45, 2.75) is 51.1 Å². The fraction of sp³-hybridized carbons (Fsp3) is 0.909. The van der Waals surface area contributed by atoms with Crippen LogP contribution in [0.2, 0.25) is 0 Å². The van der Waals surface area contributed by atoms with Crippen molar-refractivity contribution in [3.63, 3.8) is 0 Å². The summed E-state index contributed by atoms with van der Waals surface area (Å²) in [5, 5.41) is 15.6. The third-order valence-corrected chi connectivity index (χ3v) is 3.54. The standard InChI is InChI=1S/C11H22N2O2/c1-4-10(3,5-2)13-11(6-9(14)15)7-12-8-11/h12-13H,4-8H2,1-3H3,(H,14,15). The summed E-state index contributed by atoms with van der Waals surface area (Å²) in [4.78, 5) is 10.8. The molecule has 4 nitrogen and oxygen atoms in total. The lowest BCUT2D eigenvalue weighted by Gasteiger charge is -2.48. The summed E-state index contributed by atoms with van der Waals surface area (Å²) < 4.78 is 0. The zero-order valence-corrected chi connectivity index (χ0v) is 9.89. The van der Waals surface area contributed by atoms with Crippen molar-refractivity contribution in [2.24, 2.45) is 0 Å². The van der Waals surface area contributed by atoms with Crippen molar-refractivity contribution in [2.75, 3.05) is 13.1 Å². The molecule has 15 heavy (non-hydrogen) atoms. The molecule has 1 fully saturated rings. The average molecular weight is 214 g/mol. The summed E-state index contributed by atoms with van der Waals surface area (Å²) in [5.74, 6) is -0.724. The number of hydrogen-bond acceptors (Lipinski definition) is 3. The second-order valence-electron chi connectivity index (χ2n) is 4.85. The molecular formula is C11H22N2O2. The first-order chi connectivity index (χ1) is 6.95. The van der Waals surface area contributed by atoms with Crippen LogP contribution in [0.15, 0.2) is 0 Å². The molecule has 0 aromatic rings. The van der Waals surface area contributed by atoms with Gasteiger partial charge in [-0.3, -0.25) is 4.79 Å². The van der Waals surface area contributed by atoms with Crippen molar-refractivity contribution in [1.82, 2.24) is 10.6 Å². The fourth-order valence-electron chi connectivity index (χ4n) is 2.04. The van der Waals surface area contributed by atoms with Crippen LogP contribution < -0.4 is 10.6 Å². The maximum atomic E-state index is 10.8. The predicted octanol–water partition coefficient (Wildman–Crippen LogP) is 0.971. The Balaban J connectivity index is 2.63. The Labute approximate surface area is 91.4 Å². The van der Waals surface area contributed by atoms with Gasteiger partial charge in [-0.2, -0.15) is 0 Å². The molecule has 0 aliphatic carbocycles. The topological polar surface area (TPSA) is 61.4 Å². The van der Waals surface area contributed by atoms with Crippen molar-refractivity contribution in [1.29, 1.82) is 0 Å². The van der Waals surface area contributed by atoms with E-state index in [1.165, 1.54) is 0 Å². The Kier molecular flexibility index (Phi) is 3.73. The molecule has 1 heterocycles. The molecule has 1 aliphatic rings. The number of carbonyl (C=O) groups is 1. The highest BCUT2D eigenvalue weighted by molar-refractivity contribution is 5.69. The number of hydrogen-bond donors (Lipinski definition) is 3. The van der Waals surface area contributed by atoms with Crippen LogP contribution in [0, 0.1) is 0 Å². The molecule has 0 radical (unpaired) electrons. The van der Waals surface area contributed by atoms with E-state index in [1.807, 2.05) is 0 Å². The smallest absolute Gasteiger partial charge is 0.305 e. The van der Waals surface area contributed by atoms with Gasteiger partial charge in [0, 0.05) is 18.6 Å². The first kappa shape index (κ1) is 12.5. The summed E-state index contributed by atoms with van der Waals surface area (Å²) in [6.07, 6.45) is 2.24. The second kappa shape index (κ2) is 4.49. The lowest BCUT2D eigenvalue weighted by molar-refractivity contribution is -0.139. The van der Waals surface area contributed by atoms with E-state index < -0.39 is 5.97 Å². The minimum Gasteiger partial charge on any atom is -0.481 e. The number of nitrogens with one attached hydrogen (secondary N) is 2. The van der Waals surface area contributed by atoms with Gasteiger partial charge in [0.05, 0.1) is 12.0 Å². The second-order valence-corrected chi connectivity index (χ2v) is 4.85. The lowest BCUT2D eigenvalue weighted by Crippen LogP contribution is -2.72. The van der Waals surface area contributed by atoms with Gasteiger partial charge in [-0.1, -0.05) is 13.8 Å². The number of carboxylic acid groups (broad SMARTS) is 1. The van der Waals surface area contributed by atoms with Crippen LogP contribution in [0.1, 0.15) is 40.0 Å². The molecule has 0 atom stereocenters. The van der Waals surface area contributed by atoms with Gasteiger partial charge < -0.3 is 15.7 Å². The van der Waals surface area contributed by atoms with E-state index in [0.29, 0.717) is 0 Å². The number of aliphatic carboxylic acids is 1. The number of rotatable bonds is 6. The van der Waals surface area contributed by atoms with Crippen molar-refractivity contribution < 1.29 is 9.90 Å². The highest BCUT2D eigenvalue weighted by Gasteiger charge is 2.42. The minimum atomic E-state index is -0.724. The molecule has 0 bridgehead atoms. The van der Waals surface area contributed by atoms with Gasteiger partial charge in [0.2, 0.25) is 0 Å². The van der Waals surface area contributed by atoms with Gasteiger partial charge >= 0.3 is 5.97 Å². The van der Waals surface area contributed by atoms with Crippen LogP contribution in [0.3, 0.4) is 0 Å². The summed E-state index contributed by atoms with van der Waals surface area (Å²) in [5.41, 5.74) is -0.176. The lowest BCUT2D eigenvalue weighted by atomic mass is 9.83. The molecule has 1 aliphatic heterocycles. The van der Waals surface area contributed by atoms with Gasteiger partial charge in [0.15, 0.2) is 0 Å². The monoisotopic (exact) mass is 214 g/mol. The largest absolute Gasteiger partial charge is 0.481 e. The third-order valence-electron chi connectivity index (χ3n) is 3.54. The van der Waals surface area contributed by atoms with E-state index in [1.54, 1.807) is 0 Å². The van der Waals surface area contributed by atoms with Gasteiger partial charge in [-0.15, -0.1) is 0 Å². The molecule has 0 amide bonds. The summed E-state index contributed by atoms with van der Waals surface area (Å²) in [7, 11) is 0. The molecule has 1 saturated heterocycles. The summed E-state index contributed by atoms with van der Waals surface area (Å²) in [6.45, 7) is 7.95. The van der Waals surface area contributed by atoms with Crippen LogP contribution in [0.4, 0.5) is 0 Å². The maximum Gasteiger partial charge on any atom is 0.305 e. The van der Waals surface area contributed by atoms with E-state index >= 15 is 0 Å². The molecule has 0 aromatic heterocycles. The highest BCUT2D eigenvalue weighted by Crippen LogP contribution is 2.24. The van der Waals surface area contributed by atoms with Crippen LogP contribution in [-0.4, -0.2) is 35.2 Å². The summed E-state index contributed by atoms with van der Waals surface area (Å²) >= 11 is 0. The van der Waals surface area contributed by atoms with Crippen molar-refractivity contribution in [3.05, 3.63) is 0 Å². The Bertz CT molecular complexity index is 233. The van der Waals surface area contributed by atoms with E-state index in [0.717, 1.165) is 25.9 Å². The molecule has 0 saturated carbocycles. The van der Waals surface area contributed by atoms with E-state index in [9.17, 15) is 4.79 Å². The van der Waals surface area contributed by atoms with Gasteiger partial charge in [-0.05, 0) is 19.8 Å².